The molecule has 0 aromatic heterocycles. The van der Waals surface area contributed by atoms with Crippen LogP contribution in [0.4, 0.5) is 0 Å². The standard InChI is InChI=1S/C10H18BNO5S/c1-18(3-2-5(12)10(15)16)4-6-7(13)8(14)9(11)17-6/h5-9,13-14H,2-4,12H2,1H3/p+1/t5-,6+,7?,8?,9+,18?/m0/s1. The molecule has 3 unspecified atom stereocenters. The summed E-state index contributed by atoms with van der Waals surface area (Å²) in [5.74, 6) is 0.172. The molecule has 2 radical (unpaired) electrons. The molecule has 1 heterocycles. The van der Waals surface area contributed by atoms with Crippen LogP contribution in [-0.2, 0) is 20.4 Å². The maximum Gasteiger partial charge on any atom is 0.320 e. The molecule has 8 heteroatoms. The van der Waals surface area contributed by atoms with Gasteiger partial charge < -0.3 is 25.8 Å². The Balaban J connectivity index is 2.32. The number of rotatable bonds is 6. The van der Waals surface area contributed by atoms with E-state index in [1.165, 1.54) is 0 Å². The fraction of sp³-hybridized carbons (Fsp3) is 0.900. The first-order valence-electron chi connectivity index (χ1n) is 5.67. The van der Waals surface area contributed by atoms with Crippen LogP contribution in [0.3, 0.4) is 0 Å². The number of carboxylic acid groups (broad SMARTS) is 1. The molecular formula is C10H19BNO5S+. The van der Waals surface area contributed by atoms with E-state index in [1.54, 1.807) is 0 Å². The van der Waals surface area contributed by atoms with Crippen LogP contribution in [0.2, 0.25) is 0 Å². The van der Waals surface area contributed by atoms with Gasteiger partial charge in [0, 0.05) is 12.4 Å². The Morgan fingerprint density at radius 3 is 2.56 bits per heavy atom. The van der Waals surface area contributed by atoms with Crippen molar-refractivity contribution in [3.05, 3.63) is 0 Å². The zero-order valence-corrected chi connectivity index (χ0v) is 11.0. The highest BCUT2D eigenvalue weighted by Gasteiger charge is 2.42. The summed E-state index contributed by atoms with van der Waals surface area (Å²) in [6, 6.07) is -1.72. The van der Waals surface area contributed by atoms with E-state index >= 15 is 0 Å². The number of aliphatic hydroxyl groups excluding tert-OH is 2. The predicted octanol–water partition coefficient (Wildman–Crippen LogP) is -2.35. The highest BCUT2D eigenvalue weighted by molar-refractivity contribution is 7.96. The zero-order chi connectivity index (χ0) is 13.9. The van der Waals surface area contributed by atoms with Crippen LogP contribution in [-0.4, -0.2) is 77.3 Å². The lowest BCUT2D eigenvalue weighted by atomic mass is 9.93. The normalized spacial score (nSPS) is 35.3. The summed E-state index contributed by atoms with van der Waals surface area (Å²) in [6.45, 7) is 0. The van der Waals surface area contributed by atoms with Crippen LogP contribution in [0.15, 0.2) is 0 Å². The fourth-order valence-electron chi connectivity index (χ4n) is 1.73. The Morgan fingerprint density at radius 2 is 2.11 bits per heavy atom. The highest BCUT2D eigenvalue weighted by Crippen LogP contribution is 2.21. The molecule has 102 valence electrons. The maximum atomic E-state index is 10.6. The first kappa shape index (κ1) is 15.8. The summed E-state index contributed by atoms with van der Waals surface area (Å²) in [6.07, 6.45) is -0.214. The third-order valence-electron chi connectivity index (χ3n) is 2.94. The van der Waals surface area contributed by atoms with Crippen molar-refractivity contribution < 1.29 is 24.9 Å². The van der Waals surface area contributed by atoms with E-state index < -0.39 is 36.3 Å². The smallest absolute Gasteiger partial charge is 0.320 e. The second-order valence-electron chi connectivity index (χ2n) is 4.51. The van der Waals surface area contributed by atoms with E-state index in [4.69, 9.17) is 23.4 Å². The van der Waals surface area contributed by atoms with Gasteiger partial charge in [-0.2, -0.15) is 0 Å². The second kappa shape index (κ2) is 6.77. The van der Waals surface area contributed by atoms with Crippen molar-refractivity contribution in [1.29, 1.82) is 0 Å². The van der Waals surface area contributed by atoms with Gasteiger partial charge in [0.1, 0.15) is 43.7 Å². The predicted molar refractivity (Wildman–Crippen MR) is 69.7 cm³/mol. The number of carbonyl (C=O) groups is 1. The molecule has 0 spiro atoms. The number of hydrogen-bond donors (Lipinski definition) is 4. The lowest BCUT2D eigenvalue weighted by Crippen LogP contribution is -2.37. The summed E-state index contributed by atoms with van der Waals surface area (Å²) in [7, 11) is 5.33. The summed E-state index contributed by atoms with van der Waals surface area (Å²) in [5.41, 5.74) is 5.41. The number of ether oxygens (including phenoxy) is 1. The van der Waals surface area contributed by atoms with Crippen molar-refractivity contribution in [3.8, 4) is 0 Å². The minimum atomic E-state index is -1.06. The van der Waals surface area contributed by atoms with Crippen molar-refractivity contribution in [2.75, 3.05) is 17.8 Å². The molecule has 1 saturated heterocycles. The average Bonchev–Trinajstić information content (AvgIpc) is 2.54. The number of aliphatic carboxylic acids is 1. The molecule has 0 aliphatic carbocycles. The quantitative estimate of drug-likeness (QED) is 0.319. The molecule has 0 bridgehead atoms. The SMILES string of the molecule is [B][C@@H]1O[C@H](C[S+](C)CC[C@H](N)C(=O)O)C(O)C1O. The Hall–Kier alpha value is -0.275. The van der Waals surface area contributed by atoms with Gasteiger partial charge in [0.25, 0.3) is 0 Å². The van der Waals surface area contributed by atoms with Gasteiger partial charge in [0.15, 0.2) is 0 Å². The van der Waals surface area contributed by atoms with Gasteiger partial charge in [-0.15, -0.1) is 0 Å². The van der Waals surface area contributed by atoms with Crippen molar-refractivity contribution in [1.82, 2.24) is 0 Å². The van der Waals surface area contributed by atoms with E-state index in [0.29, 0.717) is 17.9 Å². The summed E-state index contributed by atoms with van der Waals surface area (Å²) in [5, 5.41) is 27.8. The lowest BCUT2D eigenvalue weighted by molar-refractivity contribution is -0.138. The number of hydrogen-bond acceptors (Lipinski definition) is 5. The van der Waals surface area contributed by atoms with Crippen molar-refractivity contribution in [2.45, 2.75) is 36.8 Å². The monoisotopic (exact) mass is 276 g/mol. The molecule has 0 amide bonds. The summed E-state index contributed by atoms with van der Waals surface area (Å²) >= 11 is 0. The second-order valence-corrected chi connectivity index (χ2v) is 6.81. The highest BCUT2D eigenvalue weighted by atomic mass is 32.2. The molecule has 0 saturated carbocycles. The molecule has 0 aromatic carbocycles. The molecule has 1 aliphatic heterocycles. The van der Waals surface area contributed by atoms with Gasteiger partial charge in [0.2, 0.25) is 0 Å². The molecule has 18 heavy (non-hydrogen) atoms. The first-order chi connectivity index (χ1) is 8.32. The number of carboxylic acids is 1. The molecule has 6 atom stereocenters. The molecule has 6 nitrogen and oxygen atoms in total. The van der Waals surface area contributed by atoms with Crippen LogP contribution in [0, 0.1) is 0 Å². The third-order valence-corrected chi connectivity index (χ3v) is 4.77. The van der Waals surface area contributed by atoms with Crippen molar-refractivity contribution in [3.63, 3.8) is 0 Å². The van der Waals surface area contributed by atoms with Crippen molar-refractivity contribution >= 4 is 24.7 Å². The summed E-state index contributed by atoms with van der Waals surface area (Å²) < 4.78 is 5.25. The Morgan fingerprint density at radius 1 is 1.50 bits per heavy atom. The Labute approximate surface area is 110 Å². The molecule has 5 N–H and O–H groups in total. The Kier molecular flexibility index (Phi) is 5.93. The van der Waals surface area contributed by atoms with Gasteiger partial charge in [0.05, 0.1) is 6.26 Å². The van der Waals surface area contributed by atoms with E-state index in [1.807, 2.05) is 6.26 Å². The van der Waals surface area contributed by atoms with Gasteiger partial charge >= 0.3 is 5.97 Å². The number of nitrogens with two attached hydrogens (primary N) is 1. The van der Waals surface area contributed by atoms with Crippen LogP contribution >= 0.6 is 0 Å². The van der Waals surface area contributed by atoms with Crippen LogP contribution in [0.5, 0.6) is 0 Å². The average molecular weight is 276 g/mol. The summed E-state index contributed by atoms with van der Waals surface area (Å²) in [4.78, 5) is 10.6. The lowest BCUT2D eigenvalue weighted by Gasteiger charge is -2.14. The minimum Gasteiger partial charge on any atom is -0.480 e. The molecule has 1 aliphatic rings. The van der Waals surface area contributed by atoms with E-state index in [9.17, 15) is 15.0 Å². The van der Waals surface area contributed by atoms with E-state index in [0.717, 1.165) is 0 Å². The minimum absolute atomic E-state index is 0.143. The molecule has 1 fully saturated rings. The van der Waals surface area contributed by atoms with Gasteiger partial charge in [-0.1, -0.05) is 0 Å². The maximum absolute atomic E-state index is 10.6. The van der Waals surface area contributed by atoms with E-state index in [-0.39, 0.29) is 10.9 Å². The van der Waals surface area contributed by atoms with Gasteiger partial charge in [-0.25, -0.2) is 0 Å². The van der Waals surface area contributed by atoms with Crippen LogP contribution < -0.4 is 5.73 Å². The van der Waals surface area contributed by atoms with Crippen molar-refractivity contribution in [2.24, 2.45) is 5.73 Å². The van der Waals surface area contributed by atoms with Crippen LogP contribution in [0.25, 0.3) is 0 Å². The largest absolute Gasteiger partial charge is 0.480 e. The molecule has 0 aromatic rings. The Bertz CT molecular complexity index is 295. The van der Waals surface area contributed by atoms with E-state index in [2.05, 4.69) is 0 Å². The van der Waals surface area contributed by atoms with Gasteiger partial charge in [-0.3, -0.25) is 4.79 Å². The number of aliphatic hydroxyl groups is 2. The third kappa shape index (κ3) is 4.13. The molecule has 1 rings (SSSR count). The first-order valence-corrected chi connectivity index (χ1v) is 7.64. The fourth-order valence-corrected chi connectivity index (χ4v) is 3.39. The van der Waals surface area contributed by atoms with Gasteiger partial charge in [-0.05, 0) is 10.9 Å². The zero-order valence-electron chi connectivity index (χ0n) is 10.2. The van der Waals surface area contributed by atoms with Crippen LogP contribution in [0.1, 0.15) is 6.42 Å². The topological polar surface area (TPSA) is 113 Å². The molecular weight excluding hydrogens is 257 g/mol.